The number of aromatic nitrogens is 3. The minimum Gasteiger partial charge on any atom is -0.492 e. The monoisotopic (exact) mass is 351 g/mol. The van der Waals surface area contributed by atoms with Crippen molar-refractivity contribution in [1.29, 1.82) is 0 Å². The summed E-state index contributed by atoms with van der Waals surface area (Å²) in [5.74, 6) is 1.09. The number of allylic oxidation sites excluding steroid dienone is 1. The fourth-order valence-corrected chi connectivity index (χ4v) is 2.67. The molecule has 3 aromatic rings. The van der Waals surface area contributed by atoms with E-state index in [1.165, 1.54) is 0 Å². The number of hydrogen-bond acceptors (Lipinski definition) is 5. The van der Waals surface area contributed by atoms with E-state index in [1.54, 1.807) is 18.5 Å². The first-order valence-electron chi connectivity index (χ1n) is 7.67. The van der Waals surface area contributed by atoms with Gasteiger partial charge >= 0.3 is 0 Å². The quantitative estimate of drug-likeness (QED) is 0.662. The lowest BCUT2D eigenvalue weighted by molar-refractivity contribution is 0.455. The number of nitrogens with zero attached hydrogens (tertiary/aromatic N) is 3. The summed E-state index contributed by atoms with van der Waals surface area (Å²) in [4.78, 5) is 15.6. The van der Waals surface area contributed by atoms with Crippen molar-refractivity contribution in [2.45, 2.75) is 6.54 Å². The molecule has 4 rings (SSSR count). The second-order valence-electron chi connectivity index (χ2n) is 5.54. The Kier molecular flexibility index (Phi) is 3.95. The largest absolute Gasteiger partial charge is 0.492 e. The maximum atomic E-state index is 10.1. The van der Waals surface area contributed by atoms with Gasteiger partial charge in [-0.2, -0.15) is 4.98 Å². The number of nitrogens with one attached hydrogen (secondary N) is 2. The minimum absolute atomic E-state index is 0.0724. The Hall–Kier alpha value is -3.12. The van der Waals surface area contributed by atoms with Crippen molar-refractivity contribution < 1.29 is 5.11 Å². The highest BCUT2D eigenvalue weighted by Crippen LogP contribution is 2.31. The lowest BCUT2D eigenvalue weighted by Crippen LogP contribution is -2.00. The predicted molar refractivity (Wildman–Crippen MR) is 99.3 cm³/mol. The summed E-state index contributed by atoms with van der Waals surface area (Å²) in [7, 11) is 0. The zero-order chi connectivity index (χ0) is 17.2. The number of fused-ring (bicyclic) bond motifs is 1. The summed E-state index contributed by atoms with van der Waals surface area (Å²) in [6.45, 7) is 0.564. The molecule has 1 aromatic carbocycles. The number of imidazole rings is 1. The SMILES string of the molecule is Oc1nc(NCc2ccc(Cl)cc2)[nH]c1/C=C1/C=Nc2ncccc21. The Morgan fingerprint density at radius 1 is 1.20 bits per heavy atom. The van der Waals surface area contributed by atoms with Crippen LogP contribution in [0.15, 0.2) is 47.6 Å². The molecule has 6 nitrogen and oxygen atoms in total. The van der Waals surface area contributed by atoms with E-state index in [2.05, 4.69) is 25.3 Å². The molecule has 1 aliphatic heterocycles. The Balaban J connectivity index is 1.52. The van der Waals surface area contributed by atoms with E-state index >= 15 is 0 Å². The number of aliphatic imine (C=N–C) groups is 1. The van der Waals surface area contributed by atoms with Gasteiger partial charge in [0.1, 0.15) is 5.69 Å². The van der Waals surface area contributed by atoms with Gasteiger partial charge in [0.2, 0.25) is 11.8 Å². The maximum absolute atomic E-state index is 10.1. The van der Waals surface area contributed by atoms with Gasteiger partial charge in [0.25, 0.3) is 0 Å². The minimum atomic E-state index is -0.0724. The number of halogens is 1. The average molecular weight is 352 g/mol. The van der Waals surface area contributed by atoms with E-state index in [-0.39, 0.29) is 5.88 Å². The van der Waals surface area contributed by atoms with E-state index in [9.17, 15) is 5.11 Å². The highest BCUT2D eigenvalue weighted by atomic mass is 35.5. The molecular weight excluding hydrogens is 338 g/mol. The number of benzene rings is 1. The molecule has 124 valence electrons. The van der Waals surface area contributed by atoms with E-state index in [4.69, 9.17) is 11.6 Å². The summed E-state index contributed by atoms with van der Waals surface area (Å²) in [6.07, 6.45) is 5.22. The molecule has 0 bridgehead atoms. The molecule has 2 aromatic heterocycles. The number of rotatable bonds is 4. The fraction of sp³-hybridized carbons (Fsp3) is 0.0556. The molecule has 0 atom stereocenters. The van der Waals surface area contributed by atoms with Gasteiger partial charge < -0.3 is 15.4 Å². The first kappa shape index (κ1) is 15.4. The lowest BCUT2D eigenvalue weighted by atomic mass is 10.1. The molecule has 0 spiro atoms. The topological polar surface area (TPSA) is 86.2 Å². The summed E-state index contributed by atoms with van der Waals surface area (Å²) in [6, 6.07) is 11.3. The third-order valence-corrected chi connectivity index (χ3v) is 4.06. The average Bonchev–Trinajstić information content (AvgIpc) is 3.19. The molecule has 0 aliphatic carbocycles. The zero-order valence-electron chi connectivity index (χ0n) is 13.1. The summed E-state index contributed by atoms with van der Waals surface area (Å²) < 4.78 is 0. The molecule has 3 N–H and O–H groups in total. The Morgan fingerprint density at radius 3 is 2.88 bits per heavy atom. The lowest BCUT2D eigenvalue weighted by Gasteiger charge is -2.02. The molecule has 7 heteroatoms. The standard InChI is InChI=1S/C18H14ClN5O/c19-13-5-3-11(4-6-13)9-22-18-23-15(17(25)24-18)8-12-10-21-16-14(12)2-1-7-20-16/h1-8,10,25H,9H2,(H2,22,23,24)/b12-8-. The third-order valence-electron chi connectivity index (χ3n) is 3.81. The maximum Gasteiger partial charge on any atom is 0.238 e. The molecule has 0 saturated heterocycles. The number of aromatic hydroxyl groups is 1. The van der Waals surface area contributed by atoms with Crippen molar-refractivity contribution in [3.63, 3.8) is 0 Å². The van der Waals surface area contributed by atoms with Gasteiger partial charge in [-0.15, -0.1) is 0 Å². The van der Waals surface area contributed by atoms with Gasteiger partial charge in [0.05, 0.1) is 0 Å². The fourth-order valence-electron chi connectivity index (χ4n) is 2.55. The van der Waals surface area contributed by atoms with E-state index < -0.39 is 0 Å². The number of H-pyrrole nitrogens is 1. The van der Waals surface area contributed by atoms with Crippen molar-refractivity contribution in [3.05, 3.63) is 64.4 Å². The number of pyridine rings is 1. The first-order chi connectivity index (χ1) is 12.2. The Labute approximate surface area is 149 Å². The van der Waals surface area contributed by atoms with Gasteiger partial charge in [-0.1, -0.05) is 23.7 Å². The molecule has 1 aliphatic rings. The molecule has 0 unspecified atom stereocenters. The van der Waals surface area contributed by atoms with Crippen molar-refractivity contribution in [1.82, 2.24) is 15.0 Å². The van der Waals surface area contributed by atoms with Gasteiger partial charge in [-0.05, 0) is 35.9 Å². The highest BCUT2D eigenvalue weighted by Gasteiger charge is 2.14. The van der Waals surface area contributed by atoms with Crippen LogP contribution in [0.25, 0.3) is 11.6 Å². The summed E-state index contributed by atoms with van der Waals surface area (Å²) >= 11 is 5.88. The van der Waals surface area contributed by atoms with Gasteiger partial charge in [-0.3, -0.25) is 0 Å². The van der Waals surface area contributed by atoms with Crippen LogP contribution in [-0.4, -0.2) is 26.3 Å². The smallest absolute Gasteiger partial charge is 0.238 e. The summed E-state index contributed by atoms with van der Waals surface area (Å²) in [5.41, 5.74) is 3.36. The normalized spacial score (nSPS) is 14.0. The van der Waals surface area contributed by atoms with Crippen molar-refractivity contribution >= 4 is 41.2 Å². The molecule has 0 saturated carbocycles. The summed E-state index contributed by atoms with van der Waals surface area (Å²) in [5, 5.41) is 13.9. The van der Waals surface area contributed by atoms with Crippen molar-refractivity contribution in [2.75, 3.05) is 5.32 Å². The molecule has 0 radical (unpaired) electrons. The van der Waals surface area contributed by atoms with Gasteiger partial charge in [0, 0.05) is 35.1 Å². The Morgan fingerprint density at radius 2 is 2.04 bits per heavy atom. The predicted octanol–water partition coefficient (Wildman–Crippen LogP) is 4.03. The van der Waals surface area contributed by atoms with Gasteiger partial charge in [-0.25, -0.2) is 9.98 Å². The van der Waals surface area contributed by atoms with Crippen LogP contribution < -0.4 is 5.32 Å². The third kappa shape index (κ3) is 3.25. The van der Waals surface area contributed by atoms with Crippen LogP contribution in [0, 0.1) is 0 Å². The molecule has 0 fully saturated rings. The van der Waals surface area contributed by atoms with Crippen LogP contribution in [0.2, 0.25) is 5.02 Å². The second kappa shape index (κ2) is 6.41. The van der Waals surface area contributed by atoms with Gasteiger partial charge in [0.15, 0.2) is 5.82 Å². The highest BCUT2D eigenvalue weighted by molar-refractivity contribution is 6.30. The molecule has 0 amide bonds. The molecule has 25 heavy (non-hydrogen) atoms. The van der Waals surface area contributed by atoms with Crippen LogP contribution in [0.4, 0.5) is 11.8 Å². The molecule has 3 heterocycles. The van der Waals surface area contributed by atoms with Crippen molar-refractivity contribution in [2.24, 2.45) is 4.99 Å². The van der Waals surface area contributed by atoms with Crippen LogP contribution in [0.3, 0.4) is 0 Å². The van der Waals surface area contributed by atoms with Crippen LogP contribution in [-0.2, 0) is 6.54 Å². The second-order valence-corrected chi connectivity index (χ2v) is 5.97. The van der Waals surface area contributed by atoms with E-state index in [1.807, 2.05) is 36.4 Å². The van der Waals surface area contributed by atoms with Crippen LogP contribution in [0.5, 0.6) is 5.88 Å². The van der Waals surface area contributed by atoms with Crippen LogP contribution >= 0.6 is 11.6 Å². The zero-order valence-corrected chi connectivity index (χ0v) is 13.8. The van der Waals surface area contributed by atoms with Crippen molar-refractivity contribution in [3.8, 4) is 5.88 Å². The Bertz CT molecular complexity index is 975. The van der Waals surface area contributed by atoms with Crippen LogP contribution in [0.1, 0.15) is 16.8 Å². The number of aromatic amines is 1. The number of anilines is 1. The van der Waals surface area contributed by atoms with E-state index in [0.29, 0.717) is 29.0 Å². The van der Waals surface area contributed by atoms with E-state index in [0.717, 1.165) is 16.7 Å². The number of hydrogen-bond donors (Lipinski definition) is 3. The first-order valence-corrected chi connectivity index (χ1v) is 8.05. The molecular formula is C18H14ClN5O.